The van der Waals surface area contributed by atoms with Crippen LogP contribution in [0, 0.1) is 11.8 Å². The lowest BCUT2D eigenvalue weighted by Gasteiger charge is -2.20. The minimum absolute atomic E-state index is 0.843. The van der Waals surface area contributed by atoms with E-state index in [2.05, 4.69) is 32.7 Å². The first kappa shape index (κ1) is 8.06. The summed E-state index contributed by atoms with van der Waals surface area (Å²) in [6.07, 6.45) is 1.31. The highest BCUT2D eigenvalue weighted by Gasteiger charge is 2.32. The second-order valence-corrected chi connectivity index (χ2v) is 3.75. The first-order chi connectivity index (χ1) is 4.66. The molecule has 1 aliphatic heterocycles. The first-order valence-corrected chi connectivity index (χ1v) is 4.37. The first-order valence-electron chi connectivity index (χ1n) is 4.37. The molecule has 0 saturated carbocycles. The highest BCUT2D eigenvalue weighted by molar-refractivity contribution is 4.85. The van der Waals surface area contributed by atoms with Crippen molar-refractivity contribution in [2.24, 2.45) is 11.8 Å². The van der Waals surface area contributed by atoms with Crippen molar-refractivity contribution in [3.05, 3.63) is 0 Å². The molecule has 2 unspecified atom stereocenters. The lowest BCUT2D eigenvalue weighted by molar-refractivity contribution is 0.272. The third-order valence-electron chi connectivity index (χ3n) is 3.06. The summed E-state index contributed by atoms with van der Waals surface area (Å²) in [6, 6.07) is 0.843. The standard InChI is InChI=1S/C9H19N/c1-5-9-8(3)7(2)6-10(9)4/h7-9H,5-6H2,1-4H3/t7-,8?,9?/m1/s1. The summed E-state index contributed by atoms with van der Waals surface area (Å²) in [6.45, 7) is 8.31. The van der Waals surface area contributed by atoms with E-state index in [4.69, 9.17) is 0 Å². The van der Waals surface area contributed by atoms with Crippen molar-refractivity contribution in [2.45, 2.75) is 33.2 Å². The van der Waals surface area contributed by atoms with Gasteiger partial charge in [0, 0.05) is 12.6 Å². The van der Waals surface area contributed by atoms with Crippen LogP contribution in [-0.2, 0) is 0 Å². The van der Waals surface area contributed by atoms with Crippen LogP contribution in [0.3, 0.4) is 0 Å². The van der Waals surface area contributed by atoms with Gasteiger partial charge in [-0.15, -0.1) is 0 Å². The van der Waals surface area contributed by atoms with Gasteiger partial charge in [0.15, 0.2) is 0 Å². The van der Waals surface area contributed by atoms with Crippen molar-refractivity contribution in [1.82, 2.24) is 4.90 Å². The molecule has 1 saturated heterocycles. The predicted octanol–water partition coefficient (Wildman–Crippen LogP) is 1.98. The van der Waals surface area contributed by atoms with Gasteiger partial charge in [0.25, 0.3) is 0 Å². The van der Waals surface area contributed by atoms with Crippen LogP contribution in [0.4, 0.5) is 0 Å². The molecule has 0 aromatic rings. The van der Waals surface area contributed by atoms with Crippen molar-refractivity contribution in [3.63, 3.8) is 0 Å². The summed E-state index contributed by atoms with van der Waals surface area (Å²) in [5, 5.41) is 0. The number of nitrogens with zero attached hydrogens (tertiary/aromatic N) is 1. The molecule has 0 bridgehead atoms. The number of rotatable bonds is 1. The fourth-order valence-electron chi connectivity index (χ4n) is 2.22. The highest BCUT2D eigenvalue weighted by atomic mass is 15.2. The Hall–Kier alpha value is -0.0400. The molecule has 10 heavy (non-hydrogen) atoms. The van der Waals surface area contributed by atoms with Crippen LogP contribution in [0.5, 0.6) is 0 Å². The van der Waals surface area contributed by atoms with Crippen LogP contribution in [-0.4, -0.2) is 24.5 Å². The van der Waals surface area contributed by atoms with Crippen molar-refractivity contribution in [1.29, 1.82) is 0 Å². The average molecular weight is 141 g/mol. The van der Waals surface area contributed by atoms with Crippen LogP contribution in [0.25, 0.3) is 0 Å². The van der Waals surface area contributed by atoms with Gasteiger partial charge in [0.2, 0.25) is 0 Å². The second-order valence-electron chi connectivity index (χ2n) is 3.75. The van der Waals surface area contributed by atoms with Crippen molar-refractivity contribution < 1.29 is 0 Å². The van der Waals surface area contributed by atoms with E-state index in [1.54, 1.807) is 0 Å². The maximum Gasteiger partial charge on any atom is 0.0118 e. The van der Waals surface area contributed by atoms with E-state index in [-0.39, 0.29) is 0 Å². The number of hydrogen-bond donors (Lipinski definition) is 0. The normalized spacial score (nSPS) is 42.6. The molecular weight excluding hydrogens is 122 g/mol. The SMILES string of the molecule is CCC1C(C)[C@H](C)CN1C. The van der Waals surface area contributed by atoms with E-state index < -0.39 is 0 Å². The lowest BCUT2D eigenvalue weighted by atomic mass is 9.93. The van der Waals surface area contributed by atoms with Gasteiger partial charge in [-0.1, -0.05) is 20.8 Å². The minimum Gasteiger partial charge on any atom is -0.303 e. The van der Waals surface area contributed by atoms with Crippen molar-refractivity contribution in [2.75, 3.05) is 13.6 Å². The van der Waals surface area contributed by atoms with Crippen LogP contribution in [0.15, 0.2) is 0 Å². The predicted molar refractivity (Wildman–Crippen MR) is 45.0 cm³/mol. The Bertz CT molecular complexity index is 111. The molecule has 0 N–H and O–H groups in total. The maximum absolute atomic E-state index is 2.50. The topological polar surface area (TPSA) is 3.24 Å². The smallest absolute Gasteiger partial charge is 0.0118 e. The van der Waals surface area contributed by atoms with E-state index in [9.17, 15) is 0 Å². The summed E-state index contributed by atoms with van der Waals surface area (Å²) in [4.78, 5) is 2.50. The zero-order valence-corrected chi connectivity index (χ0v) is 7.59. The molecule has 0 radical (unpaired) electrons. The Morgan fingerprint density at radius 2 is 2.00 bits per heavy atom. The third kappa shape index (κ3) is 1.20. The summed E-state index contributed by atoms with van der Waals surface area (Å²) >= 11 is 0. The summed E-state index contributed by atoms with van der Waals surface area (Å²) in [5.74, 6) is 1.80. The van der Waals surface area contributed by atoms with Crippen LogP contribution >= 0.6 is 0 Å². The van der Waals surface area contributed by atoms with Crippen molar-refractivity contribution in [3.8, 4) is 0 Å². The Morgan fingerprint density at radius 1 is 1.40 bits per heavy atom. The fraction of sp³-hybridized carbons (Fsp3) is 1.00. The third-order valence-corrected chi connectivity index (χ3v) is 3.06. The molecule has 0 amide bonds. The monoisotopic (exact) mass is 141 g/mol. The van der Waals surface area contributed by atoms with E-state index in [0.717, 1.165) is 17.9 Å². The average Bonchev–Trinajstić information content (AvgIpc) is 2.09. The Balaban J connectivity index is 2.55. The zero-order chi connectivity index (χ0) is 7.72. The van der Waals surface area contributed by atoms with Gasteiger partial charge in [-0.05, 0) is 25.3 Å². The van der Waals surface area contributed by atoms with E-state index in [1.807, 2.05) is 0 Å². The maximum atomic E-state index is 2.50. The molecule has 60 valence electrons. The Morgan fingerprint density at radius 3 is 2.20 bits per heavy atom. The zero-order valence-electron chi connectivity index (χ0n) is 7.59. The lowest BCUT2D eigenvalue weighted by Crippen LogP contribution is -2.27. The van der Waals surface area contributed by atoms with Gasteiger partial charge in [-0.3, -0.25) is 0 Å². The minimum atomic E-state index is 0.843. The van der Waals surface area contributed by atoms with Gasteiger partial charge in [-0.25, -0.2) is 0 Å². The van der Waals surface area contributed by atoms with Gasteiger partial charge < -0.3 is 4.90 Å². The van der Waals surface area contributed by atoms with E-state index in [0.29, 0.717) is 0 Å². The van der Waals surface area contributed by atoms with Crippen LogP contribution in [0.2, 0.25) is 0 Å². The second kappa shape index (κ2) is 2.91. The summed E-state index contributed by atoms with van der Waals surface area (Å²) in [5.41, 5.74) is 0. The summed E-state index contributed by atoms with van der Waals surface area (Å²) in [7, 11) is 2.24. The molecule has 0 spiro atoms. The van der Waals surface area contributed by atoms with Gasteiger partial charge in [0.1, 0.15) is 0 Å². The highest BCUT2D eigenvalue weighted by Crippen LogP contribution is 2.29. The van der Waals surface area contributed by atoms with Crippen molar-refractivity contribution >= 4 is 0 Å². The largest absolute Gasteiger partial charge is 0.303 e. The molecule has 1 heteroatoms. The molecular formula is C9H19N. The van der Waals surface area contributed by atoms with E-state index >= 15 is 0 Å². The molecule has 1 rings (SSSR count). The number of likely N-dealkylation sites (tertiary alicyclic amines) is 1. The summed E-state index contributed by atoms with van der Waals surface area (Å²) < 4.78 is 0. The molecule has 1 aliphatic rings. The molecule has 1 heterocycles. The Labute approximate surface area is 64.4 Å². The molecule has 0 aliphatic carbocycles. The Kier molecular flexibility index (Phi) is 2.35. The number of hydrogen-bond acceptors (Lipinski definition) is 1. The molecule has 1 nitrogen and oxygen atoms in total. The fourth-order valence-corrected chi connectivity index (χ4v) is 2.22. The van der Waals surface area contributed by atoms with Crippen LogP contribution in [0.1, 0.15) is 27.2 Å². The van der Waals surface area contributed by atoms with Gasteiger partial charge in [0.05, 0.1) is 0 Å². The molecule has 0 aromatic heterocycles. The molecule has 1 fully saturated rings. The van der Waals surface area contributed by atoms with Crippen LogP contribution < -0.4 is 0 Å². The van der Waals surface area contributed by atoms with Gasteiger partial charge in [-0.2, -0.15) is 0 Å². The quantitative estimate of drug-likeness (QED) is 0.539. The van der Waals surface area contributed by atoms with Gasteiger partial charge >= 0.3 is 0 Å². The molecule has 0 aromatic carbocycles. The molecule has 3 atom stereocenters. The van der Waals surface area contributed by atoms with E-state index in [1.165, 1.54) is 13.0 Å².